The minimum Gasteiger partial charge on any atom is -0.372 e. The fourth-order valence-electron chi connectivity index (χ4n) is 2.31. The van der Waals surface area contributed by atoms with Crippen molar-refractivity contribution < 1.29 is 4.79 Å². The summed E-state index contributed by atoms with van der Waals surface area (Å²) in [6.45, 7) is 0.754. The third-order valence-electron chi connectivity index (χ3n) is 3.40. The predicted molar refractivity (Wildman–Crippen MR) is 70.5 cm³/mol. The molecule has 5 nitrogen and oxygen atoms in total. The predicted octanol–water partition coefficient (Wildman–Crippen LogP) is 1.83. The minimum absolute atomic E-state index is 0.134. The van der Waals surface area contributed by atoms with Gasteiger partial charge < -0.3 is 10.6 Å². The van der Waals surface area contributed by atoms with Crippen molar-refractivity contribution in [3.63, 3.8) is 0 Å². The fraction of sp³-hybridized carbons (Fsp3) is 0.615. The molecule has 1 heterocycles. The van der Waals surface area contributed by atoms with Gasteiger partial charge in [0.1, 0.15) is 11.5 Å². The van der Waals surface area contributed by atoms with Crippen LogP contribution in [0.15, 0.2) is 12.4 Å². The Bertz CT molecular complexity index is 402. The first kappa shape index (κ1) is 12.8. The van der Waals surface area contributed by atoms with Crippen LogP contribution in [0.1, 0.15) is 42.6 Å². The summed E-state index contributed by atoms with van der Waals surface area (Å²) in [4.78, 5) is 20.1. The van der Waals surface area contributed by atoms with E-state index in [9.17, 15) is 4.79 Å². The van der Waals surface area contributed by atoms with Gasteiger partial charge in [-0.25, -0.2) is 4.98 Å². The first-order chi connectivity index (χ1) is 8.79. The van der Waals surface area contributed by atoms with Gasteiger partial charge in [-0.2, -0.15) is 0 Å². The van der Waals surface area contributed by atoms with Gasteiger partial charge in [-0.15, -0.1) is 0 Å². The number of nitrogens with zero attached hydrogens (tertiary/aromatic N) is 2. The Kier molecular flexibility index (Phi) is 4.50. The smallest absolute Gasteiger partial charge is 0.271 e. The lowest BCUT2D eigenvalue weighted by Gasteiger charge is -2.21. The van der Waals surface area contributed by atoms with E-state index in [1.54, 1.807) is 13.2 Å². The highest BCUT2D eigenvalue weighted by molar-refractivity contribution is 5.92. The average Bonchev–Trinajstić information content (AvgIpc) is 2.46. The number of aromatic nitrogens is 2. The number of carbonyl (C=O) groups is 1. The Morgan fingerprint density at radius 1 is 1.33 bits per heavy atom. The van der Waals surface area contributed by atoms with Gasteiger partial charge in [0.15, 0.2) is 0 Å². The first-order valence-corrected chi connectivity index (χ1v) is 6.57. The second-order valence-electron chi connectivity index (χ2n) is 4.75. The molecule has 2 N–H and O–H groups in total. The molecule has 1 aromatic rings. The first-order valence-electron chi connectivity index (χ1n) is 6.57. The Hall–Kier alpha value is -1.65. The van der Waals surface area contributed by atoms with Gasteiger partial charge in [0, 0.05) is 13.6 Å². The van der Waals surface area contributed by atoms with Gasteiger partial charge in [-0.3, -0.25) is 9.78 Å². The molecule has 0 radical (unpaired) electrons. The number of anilines is 1. The lowest BCUT2D eigenvalue weighted by atomic mass is 9.89. The van der Waals surface area contributed by atoms with E-state index in [4.69, 9.17) is 0 Å². The molecular formula is C13H20N4O. The van der Waals surface area contributed by atoms with Crippen LogP contribution in [0.5, 0.6) is 0 Å². The molecule has 0 aromatic carbocycles. The number of amides is 1. The van der Waals surface area contributed by atoms with Gasteiger partial charge >= 0.3 is 0 Å². The van der Waals surface area contributed by atoms with Crippen molar-refractivity contribution in [2.75, 3.05) is 18.9 Å². The zero-order valence-electron chi connectivity index (χ0n) is 10.8. The summed E-state index contributed by atoms with van der Waals surface area (Å²) in [5.74, 6) is 1.11. The van der Waals surface area contributed by atoms with E-state index in [-0.39, 0.29) is 5.91 Å². The number of hydrogen-bond acceptors (Lipinski definition) is 4. The highest BCUT2D eigenvalue weighted by Gasteiger charge is 2.15. The van der Waals surface area contributed by atoms with Crippen LogP contribution in [0.2, 0.25) is 0 Å². The monoisotopic (exact) mass is 248 g/mol. The molecule has 1 saturated carbocycles. The highest BCUT2D eigenvalue weighted by Crippen LogP contribution is 2.22. The summed E-state index contributed by atoms with van der Waals surface area (Å²) in [5.41, 5.74) is 0.373. The maximum Gasteiger partial charge on any atom is 0.271 e. The SMILES string of the molecule is CNc1cncc(C(=O)NCC2CCCCC2)n1. The van der Waals surface area contributed by atoms with Crippen molar-refractivity contribution in [1.29, 1.82) is 0 Å². The van der Waals surface area contributed by atoms with Crippen LogP contribution < -0.4 is 10.6 Å². The Morgan fingerprint density at radius 2 is 2.11 bits per heavy atom. The van der Waals surface area contributed by atoms with Crippen LogP contribution >= 0.6 is 0 Å². The van der Waals surface area contributed by atoms with Crippen LogP contribution in [-0.4, -0.2) is 29.5 Å². The van der Waals surface area contributed by atoms with Crippen LogP contribution in [0.4, 0.5) is 5.82 Å². The lowest BCUT2D eigenvalue weighted by Crippen LogP contribution is -2.31. The Balaban J connectivity index is 1.86. The van der Waals surface area contributed by atoms with Gasteiger partial charge in [-0.05, 0) is 18.8 Å². The van der Waals surface area contributed by atoms with Crippen LogP contribution in [0.25, 0.3) is 0 Å². The fourth-order valence-corrected chi connectivity index (χ4v) is 2.31. The molecule has 0 spiro atoms. The minimum atomic E-state index is -0.134. The largest absolute Gasteiger partial charge is 0.372 e. The van der Waals surface area contributed by atoms with Crippen LogP contribution in [-0.2, 0) is 0 Å². The summed E-state index contributed by atoms with van der Waals surface area (Å²) in [7, 11) is 1.76. The summed E-state index contributed by atoms with van der Waals surface area (Å²) < 4.78 is 0. The Labute approximate surface area is 107 Å². The molecule has 1 aromatic heterocycles. The van der Waals surface area contributed by atoms with E-state index in [2.05, 4.69) is 20.6 Å². The number of hydrogen-bond donors (Lipinski definition) is 2. The molecule has 0 bridgehead atoms. The molecule has 0 aliphatic heterocycles. The maximum absolute atomic E-state index is 11.9. The van der Waals surface area contributed by atoms with Gasteiger partial charge in [-0.1, -0.05) is 19.3 Å². The maximum atomic E-state index is 11.9. The van der Waals surface area contributed by atoms with E-state index < -0.39 is 0 Å². The highest BCUT2D eigenvalue weighted by atomic mass is 16.1. The van der Waals surface area contributed by atoms with E-state index in [0.29, 0.717) is 17.4 Å². The molecule has 1 aliphatic carbocycles. The summed E-state index contributed by atoms with van der Waals surface area (Å²) >= 11 is 0. The van der Waals surface area contributed by atoms with Crippen LogP contribution in [0.3, 0.4) is 0 Å². The quantitative estimate of drug-likeness (QED) is 0.853. The molecule has 98 valence electrons. The number of carbonyl (C=O) groups excluding carboxylic acids is 1. The molecule has 5 heteroatoms. The number of rotatable bonds is 4. The molecule has 0 saturated heterocycles. The van der Waals surface area contributed by atoms with E-state index in [1.807, 2.05) is 0 Å². The summed E-state index contributed by atoms with van der Waals surface area (Å²) in [5, 5.41) is 5.82. The van der Waals surface area contributed by atoms with Crippen LogP contribution in [0, 0.1) is 5.92 Å². The molecule has 0 unspecified atom stereocenters. The topological polar surface area (TPSA) is 66.9 Å². The van der Waals surface area contributed by atoms with Crippen molar-refractivity contribution in [3.8, 4) is 0 Å². The summed E-state index contributed by atoms with van der Waals surface area (Å²) in [6, 6.07) is 0. The lowest BCUT2D eigenvalue weighted by molar-refractivity contribution is 0.0938. The molecule has 1 amide bonds. The molecule has 1 aliphatic rings. The normalized spacial score (nSPS) is 16.3. The second-order valence-corrected chi connectivity index (χ2v) is 4.75. The summed E-state index contributed by atoms with van der Waals surface area (Å²) in [6.07, 6.45) is 9.45. The zero-order chi connectivity index (χ0) is 12.8. The molecule has 0 atom stereocenters. The Morgan fingerprint density at radius 3 is 2.83 bits per heavy atom. The standard InChI is InChI=1S/C13H20N4O/c1-14-12-9-15-8-11(17-12)13(18)16-7-10-5-3-2-4-6-10/h8-10H,2-7H2,1H3,(H,14,17)(H,16,18). The molecular weight excluding hydrogens is 228 g/mol. The van der Waals surface area contributed by atoms with Crippen molar-refractivity contribution in [3.05, 3.63) is 18.1 Å². The van der Waals surface area contributed by atoms with E-state index in [1.165, 1.54) is 38.3 Å². The second kappa shape index (κ2) is 6.33. The van der Waals surface area contributed by atoms with Crippen molar-refractivity contribution in [2.24, 2.45) is 5.92 Å². The molecule has 2 rings (SSSR count). The average molecular weight is 248 g/mol. The third kappa shape index (κ3) is 3.42. The van der Waals surface area contributed by atoms with E-state index in [0.717, 1.165) is 6.54 Å². The zero-order valence-corrected chi connectivity index (χ0v) is 10.8. The number of nitrogens with one attached hydrogen (secondary N) is 2. The van der Waals surface area contributed by atoms with Gasteiger partial charge in [0.2, 0.25) is 0 Å². The van der Waals surface area contributed by atoms with Crippen molar-refractivity contribution in [1.82, 2.24) is 15.3 Å². The molecule has 18 heavy (non-hydrogen) atoms. The van der Waals surface area contributed by atoms with Crippen molar-refractivity contribution >= 4 is 11.7 Å². The van der Waals surface area contributed by atoms with E-state index >= 15 is 0 Å². The van der Waals surface area contributed by atoms with Crippen molar-refractivity contribution in [2.45, 2.75) is 32.1 Å². The van der Waals surface area contributed by atoms with Gasteiger partial charge in [0.25, 0.3) is 5.91 Å². The molecule has 1 fully saturated rings. The van der Waals surface area contributed by atoms with Gasteiger partial charge in [0.05, 0.1) is 12.4 Å². The third-order valence-corrected chi connectivity index (χ3v) is 3.40.